The van der Waals surface area contributed by atoms with Crippen molar-refractivity contribution in [3.8, 4) is 0 Å². The maximum atomic E-state index is 9.67. The molecule has 0 radical (unpaired) electrons. The van der Waals surface area contributed by atoms with Gasteiger partial charge in [-0.1, -0.05) is 60.7 Å². The van der Waals surface area contributed by atoms with Gasteiger partial charge in [0.1, 0.15) is 0 Å². The van der Waals surface area contributed by atoms with Crippen LogP contribution in [-0.2, 0) is 12.0 Å². The van der Waals surface area contributed by atoms with Crippen molar-refractivity contribution >= 4 is 34.1 Å². The van der Waals surface area contributed by atoms with E-state index >= 15 is 0 Å². The topological polar surface area (TPSA) is 119 Å². The lowest BCUT2D eigenvalue weighted by Gasteiger charge is -2.27. The summed E-state index contributed by atoms with van der Waals surface area (Å²) in [6.07, 6.45) is 1.67. The lowest BCUT2D eigenvalue weighted by molar-refractivity contribution is 0.227. The van der Waals surface area contributed by atoms with E-state index in [0.29, 0.717) is 5.56 Å². The molecule has 0 amide bonds. The van der Waals surface area contributed by atoms with E-state index < -0.39 is 5.54 Å². The molecular formula is C23H20N6O. The molecule has 3 aromatic carbocycles. The minimum atomic E-state index is -1.44. The molecule has 0 fully saturated rings. The first kappa shape index (κ1) is 18.2. The average Bonchev–Trinajstić information content (AvgIpc) is 3.34. The maximum Gasteiger partial charge on any atom is 0.219 e. The zero-order valence-electron chi connectivity index (χ0n) is 16.1. The standard InChI is InChI=1S/C23H20N6O/c24-20(29-30)23(17-11-9-14-5-1-2-7-16(14)13-17)21(27-22(25)28-23)26-19-12-10-15-6-3-4-8-18(15)19/h1-9,11,13,30H,10,12H2,(H2,24,29)(H2,25,28). The monoisotopic (exact) mass is 396 g/mol. The molecule has 5 N–H and O–H groups in total. The number of aryl methyl sites for hydroxylation is 1. The van der Waals surface area contributed by atoms with E-state index in [4.69, 9.17) is 16.1 Å². The molecule has 7 nitrogen and oxygen atoms in total. The van der Waals surface area contributed by atoms with Crippen molar-refractivity contribution in [1.29, 1.82) is 5.41 Å². The van der Waals surface area contributed by atoms with Gasteiger partial charge in [0.2, 0.25) is 11.5 Å². The Morgan fingerprint density at radius 1 is 1.03 bits per heavy atom. The van der Waals surface area contributed by atoms with Crippen LogP contribution in [0.25, 0.3) is 10.8 Å². The van der Waals surface area contributed by atoms with Crippen LogP contribution in [0.2, 0.25) is 0 Å². The first-order valence-corrected chi connectivity index (χ1v) is 9.70. The van der Waals surface area contributed by atoms with Crippen molar-refractivity contribution in [1.82, 2.24) is 5.48 Å². The maximum absolute atomic E-state index is 9.67. The predicted octanol–water partition coefficient (Wildman–Crippen LogP) is 3.15. The molecule has 148 valence electrons. The number of hydrogen-bond donors (Lipinski definition) is 4. The molecule has 0 bridgehead atoms. The summed E-state index contributed by atoms with van der Waals surface area (Å²) in [5.74, 6) is 0.0370. The van der Waals surface area contributed by atoms with Crippen LogP contribution in [0.1, 0.15) is 23.1 Å². The quantitative estimate of drug-likeness (QED) is 0.303. The van der Waals surface area contributed by atoms with Gasteiger partial charge in [0, 0.05) is 0 Å². The number of fused-ring (bicyclic) bond motifs is 2. The summed E-state index contributed by atoms with van der Waals surface area (Å²) in [6, 6.07) is 21.8. The van der Waals surface area contributed by atoms with E-state index in [2.05, 4.69) is 16.1 Å². The minimum absolute atomic E-state index is 0.0220. The molecule has 0 saturated heterocycles. The summed E-state index contributed by atoms with van der Waals surface area (Å²) in [7, 11) is 0. The minimum Gasteiger partial charge on any atom is -0.368 e. The average molecular weight is 396 g/mol. The highest BCUT2D eigenvalue weighted by Crippen LogP contribution is 2.35. The summed E-state index contributed by atoms with van der Waals surface area (Å²) in [5, 5.41) is 20.2. The van der Waals surface area contributed by atoms with Crippen LogP contribution in [0.15, 0.2) is 81.7 Å². The van der Waals surface area contributed by atoms with Crippen molar-refractivity contribution in [2.24, 2.45) is 20.7 Å². The number of rotatable bonds is 2. The lowest BCUT2D eigenvalue weighted by atomic mass is 9.86. The highest BCUT2D eigenvalue weighted by Gasteiger charge is 2.47. The molecule has 0 spiro atoms. The van der Waals surface area contributed by atoms with E-state index in [1.807, 2.05) is 66.1 Å². The largest absolute Gasteiger partial charge is 0.368 e. The third kappa shape index (κ3) is 2.71. The van der Waals surface area contributed by atoms with Gasteiger partial charge >= 0.3 is 0 Å². The van der Waals surface area contributed by atoms with Crippen LogP contribution in [0.3, 0.4) is 0 Å². The van der Waals surface area contributed by atoms with E-state index in [0.717, 1.165) is 34.9 Å². The summed E-state index contributed by atoms with van der Waals surface area (Å²) in [6.45, 7) is 0. The Bertz CT molecular complexity index is 1280. The molecule has 1 aliphatic carbocycles. The fourth-order valence-electron chi connectivity index (χ4n) is 4.19. The number of hydrogen-bond acceptors (Lipinski definition) is 6. The van der Waals surface area contributed by atoms with Gasteiger partial charge in [-0.05, 0) is 46.4 Å². The van der Waals surface area contributed by atoms with E-state index in [-0.39, 0.29) is 17.6 Å². The first-order valence-electron chi connectivity index (χ1n) is 9.70. The smallest absolute Gasteiger partial charge is 0.219 e. The first-order chi connectivity index (χ1) is 14.6. The molecular weight excluding hydrogens is 376 g/mol. The van der Waals surface area contributed by atoms with Gasteiger partial charge in [-0.25, -0.2) is 9.98 Å². The number of hydroxylamine groups is 1. The fourth-order valence-corrected chi connectivity index (χ4v) is 4.19. The van der Waals surface area contributed by atoms with Crippen molar-refractivity contribution in [2.45, 2.75) is 18.4 Å². The molecule has 1 heterocycles. The van der Waals surface area contributed by atoms with Crippen LogP contribution in [0, 0.1) is 5.41 Å². The zero-order valence-corrected chi connectivity index (χ0v) is 16.1. The molecule has 1 atom stereocenters. The van der Waals surface area contributed by atoms with Crippen LogP contribution < -0.4 is 11.2 Å². The Morgan fingerprint density at radius 2 is 1.80 bits per heavy atom. The van der Waals surface area contributed by atoms with Gasteiger partial charge in [-0.2, -0.15) is 4.99 Å². The van der Waals surface area contributed by atoms with Crippen LogP contribution >= 0.6 is 0 Å². The van der Waals surface area contributed by atoms with Gasteiger partial charge in [0.15, 0.2) is 11.7 Å². The number of nitrogens with one attached hydrogen (secondary N) is 2. The number of aliphatic imine (C=N–C) groups is 3. The Kier molecular flexibility index (Phi) is 4.18. The Labute approximate surface area is 173 Å². The fraction of sp³-hybridized carbons (Fsp3) is 0.130. The number of nitrogens with two attached hydrogens (primary N) is 1. The van der Waals surface area contributed by atoms with Crippen molar-refractivity contribution in [3.05, 3.63) is 83.4 Å². The molecule has 30 heavy (non-hydrogen) atoms. The van der Waals surface area contributed by atoms with Gasteiger partial charge in [-0.15, -0.1) is 0 Å². The van der Waals surface area contributed by atoms with Gasteiger partial charge in [-0.3, -0.25) is 16.1 Å². The molecule has 7 heteroatoms. The number of benzene rings is 3. The third-order valence-corrected chi connectivity index (χ3v) is 5.67. The van der Waals surface area contributed by atoms with E-state index in [1.165, 1.54) is 5.56 Å². The SMILES string of the molecule is N=C(NO)C1(c2ccc3ccccc3c2)N=C(N)N=C1N=C1CCc2ccccc21. The summed E-state index contributed by atoms with van der Waals surface area (Å²) in [4.78, 5) is 13.7. The summed E-state index contributed by atoms with van der Waals surface area (Å²) in [5.41, 5.74) is 10.4. The highest BCUT2D eigenvalue weighted by molar-refractivity contribution is 6.24. The number of guanidine groups is 1. The second-order valence-corrected chi connectivity index (χ2v) is 7.38. The Morgan fingerprint density at radius 3 is 2.63 bits per heavy atom. The highest BCUT2D eigenvalue weighted by atomic mass is 16.5. The molecule has 2 aliphatic rings. The molecule has 1 aliphatic heterocycles. The van der Waals surface area contributed by atoms with E-state index in [1.54, 1.807) is 0 Å². The molecule has 1 unspecified atom stereocenters. The summed E-state index contributed by atoms with van der Waals surface area (Å²) < 4.78 is 0. The van der Waals surface area contributed by atoms with Gasteiger partial charge in [0.05, 0.1) is 5.71 Å². The lowest BCUT2D eigenvalue weighted by Crippen LogP contribution is -2.46. The van der Waals surface area contributed by atoms with Crippen molar-refractivity contribution in [3.63, 3.8) is 0 Å². The van der Waals surface area contributed by atoms with Crippen molar-refractivity contribution < 1.29 is 5.21 Å². The Balaban J connectivity index is 1.69. The molecule has 0 saturated carbocycles. The number of amidine groups is 2. The second-order valence-electron chi connectivity index (χ2n) is 7.38. The Hall–Kier alpha value is -3.84. The van der Waals surface area contributed by atoms with Crippen LogP contribution in [-0.4, -0.2) is 28.5 Å². The normalized spacial score (nSPS) is 21.4. The molecule has 3 aromatic rings. The van der Waals surface area contributed by atoms with Crippen LogP contribution in [0.5, 0.6) is 0 Å². The van der Waals surface area contributed by atoms with Gasteiger partial charge in [0.25, 0.3) is 0 Å². The van der Waals surface area contributed by atoms with Gasteiger partial charge < -0.3 is 5.73 Å². The molecule has 5 rings (SSSR count). The number of nitrogens with zero attached hydrogens (tertiary/aromatic N) is 3. The van der Waals surface area contributed by atoms with E-state index in [9.17, 15) is 5.21 Å². The summed E-state index contributed by atoms with van der Waals surface area (Å²) >= 11 is 0. The second kappa shape index (κ2) is 6.89. The third-order valence-electron chi connectivity index (χ3n) is 5.67. The van der Waals surface area contributed by atoms with Crippen molar-refractivity contribution in [2.75, 3.05) is 0 Å². The molecule has 0 aromatic heterocycles. The zero-order chi connectivity index (χ0) is 20.7. The predicted molar refractivity (Wildman–Crippen MR) is 119 cm³/mol. The van der Waals surface area contributed by atoms with Crippen LogP contribution in [0.4, 0.5) is 0 Å².